The highest BCUT2D eigenvalue weighted by molar-refractivity contribution is 5.76. The Kier molecular flexibility index (Phi) is 16.4. The first-order valence-electron chi connectivity index (χ1n) is 17.7. The van der Waals surface area contributed by atoms with Gasteiger partial charge in [0.15, 0.2) is 18.9 Å². The van der Waals surface area contributed by atoms with E-state index in [-0.39, 0.29) is 0 Å². The average Bonchev–Trinajstić information content (AvgIpc) is 3.16. The van der Waals surface area contributed by atoms with Crippen molar-refractivity contribution in [1.82, 2.24) is 10.6 Å². The Morgan fingerprint density at radius 1 is 0.684 bits per heavy atom. The molecule has 0 aromatic rings. The molecule has 0 saturated carbocycles. The van der Waals surface area contributed by atoms with Crippen molar-refractivity contribution in [2.24, 2.45) is 0 Å². The van der Waals surface area contributed by atoms with Gasteiger partial charge in [-0.25, -0.2) is 4.79 Å². The van der Waals surface area contributed by atoms with Crippen molar-refractivity contribution in [1.29, 1.82) is 0 Å². The van der Waals surface area contributed by atoms with Crippen LogP contribution in [0.25, 0.3) is 0 Å². The molecule has 0 aliphatic carbocycles. The summed E-state index contributed by atoms with van der Waals surface area (Å²) in [6, 6.07) is -3.33. The van der Waals surface area contributed by atoms with Gasteiger partial charge in [-0.15, -0.1) is 0 Å². The van der Waals surface area contributed by atoms with E-state index >= 15 is 0 Å². The highest BCUT2D eigenvalue weighted by Crippen LogP contribution is 2.40. The molecule has 21 atom stereocenters. The first-order chi connectivity index (χ1) is 26.7. The Labute approximate surface area is 322 Å². The van der Waals surface area contributed by atoms with Crippen LogP contribution in [0.5, 0.6) is 0 Å². The molecule has 0 aromatic carbocycles. The summed E-state index contributed by atoms with van der Waals surface area (Å²) >= 11 is 0. The fourth-order valence-corrected chi connectivity index (χ4v) is 7.02. The van der Waals surface area contributed by atoms with Crippen LogP contribution in [0.1, 0.15) is 20.3 Å². The van der Waals surface area contributed by atoms with Crippen molar-refractivity contribution in [3.05, 3.63) is 0 Å². The van der Waals surface area contributed by atoms with Crippen LogP contribution in [0, 0.1) is 0 Å². The fourth-order valence-electron chi connectivity index (χ4n) is 7.02. The lowest BCUT2D eigenvalue weighted by Gasteiger charge is -2.52. The van der Waals surface area contributed by atoms with E-state index in [2.05, 4.69) is 10.6 Å². The molecule has 0 spiro atoms. The number of ether oxygens (including phenoxy) is 7. The predicted octanol–water partition coefficient (Wildman–Crippen LogP) is -10.3. The van der Waals surface area contributed by atoms with Gasteiger partial charge in [0.2, 0.25) is 11.8 Å². The minimum atomic E-state index is -3.24. The summed E-state index contributed by atoms with van der Waals surface area (Å²) in [6.07, 6.45) is -37.3. The van der Waals surface area contributed by atoms with Gasteiger partial charge >= 0.3 is 5.97 Å². The fraction of sp³-hybridized carbons (Fsp3) is 0.903. The van der Waals surface area contributed by atoms with Crippen LogP contribution in [0.15, 0.2) is 0 Å². The highest BCUT2D eigenvalue weighted by atomic mass is 16.8. The molecule has 4 aliphatic heterocycles. The molecule has 0 bridgehead atoms. The molecule has 4 aliphatic rings. The van der Waals surface area contributed by atoms with Gasteiger partial charge in [0.05, 0.1) is 32.5 Å². The average molecular weight is 837 g/mol. The first kappa shape index (κ1) is 47.3. The Balaban J connectivity index is 1.82. The Hall–Kier alpha value is -2.39. The minimum Gasteiger partial charge on any atom is -0.477 e. The maximum absolute atomic E-state index is 13.0. The summed E-state index contributed by atoms with van der Waals surface area (Å²) < 4.78 is 39.7. The van der Waals surface area contributed by atoms with Crippen molar-refractivity contribution in [2.45, 2.75) is 149 Å². The zero-order chi connectivity index (χ0) is 42.7. The maximum atomic E-state index is 13.0. The SMILES string of the molecule is CC(=O)N[C@H]1[C@H](O[C@@H]2[C@H](O[C@]3(C(=O)O)C[C@H](O)[C@@H](O)[C@H]([C@H](O)[C@H](O)CO)O3)[C@@H](O)[C@H](O[C@H]3[C@H](O)[C@@H](CO)OC(O)[C@@H]3NC(C)=O)O[C@@H]2CO)O[C@H](CO)[C@H](O)[C@@H]1O. The van der Waals surface area contributed by atoms with Crippen LogP contribution in [0.3, 0.4) is 0 Å². The third kappa shape index (κ3) is 10.2. The van der Waals surface area contributed by atoms with Crippen LogP contribution in [-0.4, -0.2) is 244 Å². The minimum absolute atomic E-state index is 0.782. The third-order valence-corrected chi connectivity index (χ3v) is 9.98. The summed E-state index contributed by atoms with van der Waals surface area (Å²) in [6.45, 7) is -2.07. The molecule has 0 radical (unpaired) electrons. The number of carboxylic acid groups (broad SMARTS) is 1. The van der Waals surface area contributed by atoms with Gasteiger partial charge in [-0.05, 0) is 0 Å². The topological polar surface area (TPSA) is 423 Å². The molecule has 26 heteroatoms. The molecular formula is C31H52N2O24. The van der Waals surface area contributed by atoms with Crippen molar-refractivity contribution < 1.29 is 119 Å². The summed E-state index contributed by atoms with van der Waals surface area (Å²) in [4.78, 5) is 37.2. The molecule has 57 heavy (non-hydrogen) atoms. The van der Waals surface area contributed by atoms with Crippen molar-refractivity contribution in [2.75, 3.05) is 26.4 Å². The van der Waals surface area contributed by atoms with E-state index in [1.165, 1.54) is 0 Å². The standard InChI is InChI=1S/C31H52N2O24/c1-8(38)32-15-21(46)19(44)12(5-35)52-28(15)54-23-14(7-37)53-29(55-24-16(33-9(2)39)27(48)51-13(6-36)20(24)45)22(47)26(23)57-31(30(49)50)3-10(40)17(42)25(56-31)18(43)11(41)4-34/h10-29,34-37,40-48H,3-7H2,1-2H3,(H,32,38)(H,33,39)(H,49,50)/t10-,11+,12+,13+,14+,15+,16+,17+,18+,19-,20+,21+,22+,23-,24+,25+,26+,27?,28-,29-,31-/m0/s1. The predicted molar refractivity (Wildman–Crippen MR) is 174 cm³/mol. The summed E-state index contributed by atoms with van der Waals surface area (Å²) in [5.41, 5.74) is 0. The van der Waals surface area contributed by atoms with Gasteiger partial charge < -0.3 is 115 Å². The van der Waals surface area contributed by atoms with Gasteiger partial charge in [-0.1, -0.05) is 0 Å². The van der Waals surface area contributed by atoms with Crippen LogP contribution < -0.4 is 10.6 Å². The molecule has 0 aromatic heterocycles. The molecule has 330 valence electrons. The number of hydrogen-bond acceptors (Lipinski definition) is 23. The molecule has 1 unspecified atom stereocenters. The number of carboxylic acids is 1. The molecule has 4 saturated heterocycles. The second-order valence-corrected chi connectivity index (χ2v) is 14.0. The van der Waals surface area contributed by atoms with E-state index < -0.39 is 179 Å². The van der Waals surface area contributed by atoms with E-state index in [9.17, 15) is 85.9 Å². The van der Waals surface area contributed by atoms with Crippen LogP contribution in [-0.2, 0) is 47.5 Å². The van der Waals surface area contributed by atoms with E-state index in [1.807, 2.05) is 0 Å². The monoisotopic (exact) mass is 836 g/mol. The van der Waals surface area contributed by atoms with Gasteiger partial charge in [-0.2, -0.15) is 0 Å². The normalized spacial score (nSPS) is 45.1. The molecule has 4 heterocycles. The number of carbonyl (C=O) groups is 3. The second kappa shape index (κ2) is 19.8. The van der Waals surface area contributed by atoms with Gasteiger partial charge in [0.25, 0.3) is 5.79 Å². The van der Waals surface area contributed by atoms with Gasteiger partial charge in [0, 0.05) is 20.3 Å². The highest BCUT2D eigenvalue weighted by Gasteiger charge is 2.61. The molecule has 4 rings (SSSR count). The van der Waals surface area contributed by atoms with E-state index in [4.69, 9.17) is 33.2 Å². The van der Waals surface area contributed by atoms with Gasteiger partial charge in [-0.3, -0.25) is 9.59 Å². The number of rotatable bonds is 15. The van der Waals surface area contributed by atoms with Crippen molar-refractivity contribution in [3.63, 3.8) is 0 Å². The molecule has 4 fully saturated rings. The van der Waals surface area contributed by atoms with Crippen molar-refractivity contribution in [3.8, 4) is 0 Å². The summed E-state index contributed by atoms with van der Waals surface area (Å²) in [5, 5.41) is 152. The summed E-state index contributed by atoms with van der Waals surface area (Å²) in [7, 11) is 0. The Bertz CT molecular complexity index is 1350. The smallest absolute Gasteiger partial charge is 0.364 e. The molecular weight excluding hydrogens is 784 g/mol. The first-order valence-corrected chi connectivity index (χ1v) is 17.7. The summed E-state index contributed by atoms with van der Waals surface area (Å²) in [5.74, 6) is -6.92. The zero-order valence-corrected chi connectivity index (χ0v) is 30.4. The van der Waals surface area contributed by atoms with E-state index in [0.29, 0.717) is 0 Å². The maximum Gasteiger partial charge on any atom is 0.364 e. The van der Waals surface area contributed by atoms with E-state index in [0.717, 1.165) is 13.8 Å². The number of aliphatic carboxylic acids is 1. The van der Waals surface area contributed by atoms with Gasteiger partial charge in [0.1, 0.15) is 97.5 Å². The second-order valence-electron chi connectivity index (χ2n) is 14.0. The van der Waals surface area contributed by atoms with Crippen LogP contribution in [0.2, 0.25) is 0 Å². The number of nitrogens with one attached hydrogen (secondary N) is 2. The Morgan fingerprint density at radius 3 is 1.77 bits per heavy atom. The lowest BCUT2D eigenvalue weighted by Crippen LogP contribution is -2.71. The lowest BCUT2D eigenvalue weighted by atomic mass is 9.90. The Morgan fingerprint density at radius 2 is 1.23 bits per heavy atom. The quantitative estimate of drug-likeness (QED) is 0.0728. The number of aliphatic hydroxyl groups is 13. The molecule has 16 N–H and O–H groups in total. The zero-order valence-electron chi connectivity index (χ0n) is 30.4. The lowest BCUT2D eigenvalue weighted by molar-refractivity contribution is -0.400. The van der Waals surface area contributed by atoms with E-state index in [1.54, 1.807) is 0 Å². The van der Waals surface area contributed by atoms with Crippen LogP contribution >= 0.6 is 0 Å². The number of carbonyl (C=O) groups excluding carboxylic acids is 2. The third-order valence-electron chi connectivity index (χ3n) is 9.98. The number of hydrogen-bond donors (Lipinski definition) is 16. The largest absolute Gasteiger partial charge is 0.477 e. The van der Waals surface area contributed by atoms with Crippen LogP contribution in [0.4, 0.5) is 0 Å². The number of aliphatic hydroxyl groups excluding tert-OH is 13. The number of amides is 2. The molecule has 26 nitrogen and oxygen atoms in total. The van der Waals surface area contributed by atoms with Crippen molar-refractivity contribution >= 4 is 17.8 Å². The molecule has 2 amide bonds.